The van der Waals surface area contributed by atoms with Gasteiger partial charge in [0.05, 0.1) is 12.0 Å². The van der Waals surface area contributed by atoms with Crippen LogP contribution >= 0.6 is 0 Å². The van der Waals surface area contributed by atoms with Gasteiger partial charge < -0.3 is 14.0 Å². The van der Waals surface area contributed by atoms with Crippen molar-refractivity contribution in [3.8, 4) is 11.3 Å². The minimum Gasteiger partial charge on any atom is -0.340 e. The molecule has 0 amide bonds. The molecule has 0 atom stereocenters. The van der Waals surface area contributed by atoms with E-state index in [4.69, 9.17) is 0 Å². The molecule has 154 valence electrons. The molecule has 4 aromatic rings. The lowest BCUT2D eigenvalue weighted by Gasteiger charge is -2.19. The standard InChI is InChI=1S/C25H28N4O/c1-4-28(5-2)12-13-29-22-9-6-17(21-15-27(3)16-26-21)14-20(22)25-19-8-11-24(30)18(19)7-10-23(25)29/h6-7,9-10,14-16H,4-5,8,11-13H2,1-3H3. The largest absolute Gasteiger partial charge is 0.340 e. The zero-order valence-corrected chi connectivity index (χ0v) is 18.0. The fourth-order valence-electron chi connectivity index (χ4n) is 4.90. The molecule has 0 N–H and O–H groups in total. The van der Waals surface area contributed by atoms with Crippen LogP contribution in [0.1, 0.15) is 36.2 Å². The molecule has 1 aliphatic rings. The Morgan fingerprint density at radius 2 is 1.87 bits per heavy atom. The Morgan fingerprint density at radius 1 is 1.07 bits per heavy atom. The summed E-state index contributed by atoms with van der Waals surface area (Å²) in [5.41, 5.74) is 6.71. The SMILES string of the molecule is CCN(CC)CCn1c2ccc(-c3cn(C)cn3)cc2c2c3c(ccc21)C(=O)CC3. The molecule has 0 unspecified atom stereocenters. The lowest BCUT2D eigenvalue weighted by atomic mass is 10.0. The number of carbonyl (C=O) groups is 1. The smallest absolute Gasteiger partial charge is 0.163 e. The minimum absolute atomic E-state index is 0.275. The van der Waals surface area contributed by atoms with Crippen LogP contribution in [0.15, 0.2) is 42.9 Å². The number of fused-ring (bicyclic) bond motifs is 5. The van der Waals surface area contributed by atoms with Crippen LogP contribution in [0, 0.1) is 0 Å². The number of imidazole rings is 1. The molecule has 0 radical (unpaired) electrons. The first-order chi connectivity index (χ1) is 14.6. The van der Waals surface area contributed by atoms with Gasteiger partial charge >= 0.3 is 0 Å². The first-order valence-corrected chi connectivity index (χ1v) is 10.9. The van der Waals surface area contributed by atoms with Crippen LogP contribution in [-0.4, -0.2) is 44.4 Å². The Hall–Kier alpha value is -2.92. The zero-order valence-electron chi connectivity index (χ0n) is 18.0. The van der Waals surface area contributed by atoms with Crippen LogP contribution in [0.2, 0.25) is 0 Å². The number of benzene rings is 2. The van der Waals surface area contributed by atoms with Gasteiger partial charge in [-0.2, -0.15) is 0 Å². The number of aromatic nitrogens is 3. The third kappa shape index (κ3) is 2.96. The van der Waals surface area contributed by atoms with E-state index < -0.39 is 0 Å². The number of hydrogen-bond acceptors (Lipinski definition) is 3. The van der Waals surface area contributed by atoms with Crippen LogP contribution in [-0.2, 0) is 20.0 Å². The number of Topliss-reactive ketones (excluding diaryl/α,β-unsaturated/α-hetero) is 1. The second-order valence-corrected chi connectivity index (χ2v) is 8.24. The van der Waals surface area contributed by atoms with Gasteiger partial charge in [-0.15, -0.1) is 0 Å². The lowest BCUT2D eigenvalue weighted by Crippen LogP contribution is -2.26. The summed E-state index contributed by atoms with van der Waals surface area (Å²) in [5, 5.41) is 2.49. The number of likely N-dealkylation sites (N-methyl/N-ethyl adjacent to an activating group) is 1. The van der Waals surface area contributed by atoms with E-state index in [0.717, 1.165) is 49.4 Å². The number of nitrogens with zero attached hydrogens (tertiary/aromatic N) is 4. The molecule has 0 saturated carbocycles. The van der Waals surface area contributed by atoms with Crippen molar-refractivity contribution in [2.24, 2.45) is 7.05 Å². The molecule has 0 fully saturated rings. The Labute approximate surface area is 176 Å². The molecule has 2 heterocycles. The van der Waals surface area contributed by atoms with Crippen LogP contribution < -0.4 is 0 Å². The molecule has 1 aliphatic carbocycles. The van der Waals surface area contributed by atoms with Gasteiger partial charge in [0.2, 0.25) is 0 Å². The van der Waals surface area contributed by atoms with Crippen LogP contribution in [0.25, 0.3) is 33.1 Å². The van der Waals surface area contributed by atoms with E-state index in [-0.39, 0.29) is 5.78 Å². The number of aryl methyl sites for hydroxylation is 2. The molecular weight excluding hydrogens is 372 g/mol. The second kappa shape index (κ2) is 7.40. The average Bonchev–Trinajstić information content (AvgIpc) is 3.44. The summed E-state index contributed by atoms with van der Waals surface area (Å²) >= 11 is 0. The van der Waals surface area contributed by atoms with E-state index in [1.54, 1.807) is 0 Å². The van der Waals surface area contributed by atoms with Gasteiger partial charge in [-0.25, -0.2) is 4.98 Å². The third-order valence-electron chi connectivity index (χ3n) is 6.58. The van der Waals surface area contributed by atoms with Crippen molar-refractivity contribution in [1.29, 1.82) is 0 Å². The highest BCUT2D eigenvalue weighted by atomic mass is 16.1. The maximum Gasteiger partial charge on any atom is 0.163 e. The average molecular weight is 401 g/mol. The number of rotatable bonds is 6. The monoisotopic (exact) mass is 400 g/mol. The van der Waals surface area contributed by atoms with E-state index in [0.29, 0.717) is 6.42 Å². The highest BCUT2D eigenvalue weighted by Crippen LogP contribution is 2.38. The number of ketones is 1. The van der Waals surface area contributed by atoms with Gasteiger partial charge in [0, 0.05) is 65.7 Å². The molecule has 30 heavy (non-hydrogen) atoms. The molecule has 5 nitrogen and oxygen atoms in total. The van der Waals surface area contributed by atoms with Crippen molar-refractivity contribution in [2.75, 3.05) is 19.6 Å². The summed E-state index contributed by atoms with van der Waals surface area (Å²) in [6.45, 7) is 8.50. The summed E-state index contributed by atoms with van der Waals surface area (Å²) in [4.78, 5) is 19.4. The summed E-state index contributed by atoms with van der Waals surface area (Å²) in [6, 6.07) is 10.9. The van der Waals surface area contributed by atoms with Crippen molar-refractivity contribution in [3.63, 3.8) is 0 Å². The fourth-order valence-corrected chi connectivity index (χ4v) is 4.90. The van der Waals surface area contributed by atoms with Crippen LogP contribution in [0.5, 0.6) is 0 Å². The van der Waals surface area contributed by atoms with Crippen molar-refractivity contribution in [3.05, 3.63) is 54.0 Å². The first-order valence-electron chi connectivity index (χ1n) is 10.9. The van der Waals surface area contributed by atoms with E-state index in [9.17, 15) is 4.79 Å². The van der Waals surface area contributed by atoms with Crippen molar-refractivity contribution < 1.29 is 4.79 Å². The Morgan fingerprint density at radius 3 is 2.60 bits per heavy atom. The van der Waals surface area contributed by atoms with Gasteiger partial charge in [-0.3, -0.25) is 4.79 Å². The Balaban J connectivity index is 1.73. The number of carbonyl (C=O) groups excluding carboxylic acids is 1. The van der Waals surface area contributed by atoms with E-state index in [1.807, 2.05) is 24.0 Å². The van der Waals surface area contributed by atoms with Crippen molar-refractivity contribution in [1.82, 2.24) is 19.0 Å². The molecule has 5 heteroatoms. The Bertz CT molecular complexity index is 1260. The first kappa shape index (κ1) is 19.1. The molecule has 0 saturated heterocycles. The normalized spacial score (nSPS) is 13.8. The molecule has 0 aliphatic heterocycles. The zero-order chi connectivity index (χ0) is 20.8. The van der Waals surface area contributed by atoms with Crippen molar-refractivity contribution >= 4 is 27.6 Å². The maximum atomic E-state index is 12.4. The highest BCUT2D eigenvalue weighted by molar-refractivity contribution is 6.15. The van der Waals surface area contributed by atoms with E-state index >= 15 is 0 Å². The molecular formula is C25H28N4O. The van der Waals surface area contributed by atoms with Gasteiger partial charge in [-0.05, 0) is 49.3 Å². The summed E-state index contributed by atoms with van der Waals surface area (Å²) in [5.74, 6) is 0.275. The van der Waals surface area contributed by atoms with Gasteiger partial charge in [0.15, 0.2) is 5.78 Å². The lowest BCUT2D eigenvalue weighted by molar-refractivity contribution is 0.0994. The van der Waals surface area contributed by atoms with E-state index in [1.165, 1.54) is 27.4 Å². The van der Waals surface area contributed by atoms with Crippen molar-refractivity contribution in [2.45, 2.75) is 33.2 Å². The summed E-state index contributed by atoms with van der Waals surface area (Å²) < 4.78 is 4.41. The molecule has 0 spiro atoms. The molecule has 2 aromatic heterocycles. The highest BCUT2D eigenvalue weighted by Gasteiger charge is 2.25. The minimum atomic E-state index is 0.275. The van der Waals surface area contributed by atoms with Crippen LogP contribution in [0.3, 0.4) is 0 Å². The second-order valence-electron chi connectivity index (χ2n) is 8.24. The Kier molecular flexibility index (Phi) is 4.70. The maximum absolute atomic E-state index is 12.4. The predicted octanol–water partition coefficient (Wildman–Crippen LogP) is 4.67. The summed E-state index contributed by atoms with van der Waals surface area (Å²) in [6.07, 6.45) is 5.35. The van der Waals surface area contributed by atoms with Gasteiger partial charge in [0.1, 0.15) is 0 Å². The molecule has 2 aromatic carbocycles. The third-order valence-corrected chi connectivity index (χ3v) is 6.58. The quantitative estimate of drug-likeness (QED) is 0.473. The molecule has 0 bridgehead atoms. The molecule has 5 rings (SSSR count). The number of hydrogen-bond donors (Lipinski definition) is 0. The van der Waals surface area contributed by atoms with Gasteiger partial charge in [-0.1, -0.05) is 19.9 Å². The van der Waals surface area contributed by atoms with Gasteiger partial charge in [0.25, 0.3) is 0 Å². The predicted molar refractivity (Wildman–Crippen MR) is 122 cm³/mol. The summed E-state index contributed by atoms with van der Waals surface area (Å²) in [7, 11) is 1.99. The fraction of sp³-hybridized carbons (Fsp3) is 0.360. The topological polar surface area (TPSA) is 43.1 Å². The van der Waals surface area contributed by atoms with E-state index in [2.05, 4.69) is 58.8 Å². The van der Waals surface area contributed by atoms with Crippen LogP contribution in [0.4, 0.5) is 0 Å².